The maximum atomic E-state index is 3.62. The number of rotatable bonds is 5. The summed E-state index contributed by atoms with van der Waals surface area (Å²) in [5.41, 5.74) is 1.41. The fourth-order valence-corrected chi connectivity index (χ4v) is 3.82. The van der Waals surface area contributed by atoms with E-state index < -0.39 is 0 Å². The maximum Gasteiger partial charge on any atom is 0.0346 e. The monoisotopic (exact) mass is 311 g/mol. The molecule has 1 aromatic carbocycles. The number of fused-ring (bicyclic) bond motifs is 1. The lowest BCUT2D eigenvalue weighted by Gasteiger charge is -2.19. The van der Waals surface area contributed by atoms with Crippen LogP contribution in [0.15, 0.2) is 29.6 Å². The zero-order valence-corrected chi connectivity index (χ0v) is 12.6. The van der Waals surface area contributed by atoms with Crippen molar-refractivity contribution in [1.82, 2.24) is 5.32 Å². The van der Waals surface area contributed by atoms with E-state index in [1.807, 2.05) is 11.3 Å². The molecule has 0 aliphatic carbocycles. The Hall–Kier alpha value is -0.380. The molecule has 0 saturated carbocycles. The van der Waals surface area contributed by atoms with E-state index in [0.717, 1.165) is 11.9 Å². The smallest absolute Gasteiger partial charge is 0.0346 e. The molecule has 0 radical (unpaired) electrons. The van der Waals surface area contributed by atoms with Crippen molar-refractivity contribution in [3.63, 3.8) is 0 Å². The second kappa shape index (κ2) is 5.98. The minimum atomic E-state index is 0.536. The van der Waals surface area contributed by atoms with Crippen molar-refractivity contribution in [2.24, 2.45) is 5.92 Å². The van der Waals surface area contributed by atoms with Crippen molar-refractivity contribution in [3.8, 4) is 0 Å². The van der Waals surface area contributed by atoms with E-state index >= 15 is 0 Å². The highest BCUT2D eigenvalue weighted by atomic mass is 79.9. The Labute approximate surface area is 115 Å². The second-order valence-electron chi connectivity index (χ2n) is 4.64. The Bertz CT molecular complexity index is 478. The summed E-state index contributed by atoms with van der Waals surface area (Å²) in [7, 11) is 0. The van der Waals surface area contributed by atoms with Crippen LogP contribution in [0.5, 0.6) is 0 Å². The highest BCUT2D eigenvalue weighted by molar-refractivity contribution is 9.09. The number of nitrogens with one attached hydrogen (secondary N) is 1. The predicted molar refractivity (Wildman–Crippen MR) is 81.1 cm³/mol. The van der Waals surface area contributed by atoms with Crippen LogP contribution in [0.3, 0.4) is 0 Å². The molecule has 0 aliphatic heterocycles. The number of halogens is 1. The molecule has 2 rings (SSSR count). The van der Waals surface area contributed by atoms with E-state index in [4.69, 9.17) is 0 Å². The second-order valence-corrected chi connectivity index (χ2v) is 6.20. The van der Waals surface area contributed by atoms with Gasteiger partial charge in [0.25, 0.3) is 0 Å². The Balaban J connectivity index is 2.08. The first-order chi connectivity index (χ1) is 8.22. The van der Waals surface area contributed by atoms with Crippen LogP contribution >= 0.6 is 27.3 Å². The molecule has 0 amide bonds. The van der Waals surface area contributed by atoms with Gasteiger partial charge in [0.05, 0.1) is 0 Å². The summed E-state index contributed by atoms with van der Waals surface area (Å²) in [6.45, 7) is 5.47. The van der Waals surface area contributed by atoms with Gasteiger partial charge in [-0.1, -0.05) is 48.0 Å². The molecule has 1 nitrogen and oxygen atoms in total. The largest absolute Gasteiger partial charge is 0.309 e. The van der Waals surface area contributed by atoms with E-state index in [9.17, 15) is 0 Å². The molecule has 1 heterocycles. The number of thiophene rings is 1. The van der Waals surface area contributed by atoms with E-state index in [1.165, 1.54) is 15.6 Å². The number of benzene rings is 1. The van der Waals surface area contributed by atoms with E-state index in [0.29, 0.717) is 12.0 Å². The summed E-state index contributed by atoms with van der Waals surface area (Å²) in [4.78, 5) is 0. The molecular weight excluding hydrogens is 294 g/mol. The Morgan fingerprint density at radius 1 is 1.29 bits per heavy atom. The van der Waals surface area contributed by atoms with Crippen molar-refractivity contribution in [2.75, 3.05) is 5.33 Å². The average molecular weight is 312 g/mol. The van der Waals surface area contributed by atoms with Crippen molar-refractivity contribution in [1.29, 1.82) is 0 Å². The summed E-state index contributed by atoms with van der Waals surface area (Å²) in [5, 5.41) is 8.29. The molecule has 0 bridgehead atoms. The van der Waals surface area contributed by atoms with Crippen LogP contribution in [0.25, 0.3) is 10.1 Å². The van der Waals surface area contributed by atoms with E-state index in [-0.39, 0.29) is 0 Å². The van der Waals surface area contributed by atoms with Crippen LogP contribution in [-0.4, -0.2) is 11.4 Å². The Kier molecular flexibility index (Phi) is 4.60. The SMILES string of the molecule is CC(C)C(CBr)NCc1csc2ccccc12. The third kappa shape index (κ3) is 3.09. The molecule has 0 saturated heterocycles. The van der Waals surface area contributed by atoms with Gasteiger partial charge in [-0.3, -0.25) is 0 Å². The fourth-order valence-electron chi connectivity index (χ4n) is 1.88. The third-order valence-electron chi connectivity index (χ3n) is 3.09. The highest BCUT2D eigenvalue weighted by Gasteiger charge is 2.11. The van der Waals surface area contributed by atoms with Crippen molar-refractivity contribution >= 4 is 37.4 Å². The van der Waals surface area contributed by atoms with Gasteiger partial charge < -0.3 is 5.32 Å². The molecule has 0 aliphatic rings. The van der Waals surface area contributed by atoms with Crippen LogP contribution in [0.4, 0.5) is 0 Å². The minimum Gasteiger partial charge on any atom is -0.309 e. The topological polar surface area (TPSA) is 12.0 Å². The molecule has 1 aromatic heterocycles. The molecular formula is C14H18BrNS. The number of alkyl halides is 1. The zero-order chi connectivity index (χ0) is 12.3. The van der Waals surface area contributed by atoms with Crippen molar-refractivity contribution < 1.29 is 0 Å². The van der Waals surface area contributed by atoms with Gasteiger partial charge in [0, 0.05) is 22.6 Å². The lowest BCUT2D eigenvalue weighted by molar-refractivity contribution is 0.435. The molecule has 0 fully saturated rings. The normalized spacial score (nSPS) is 13.4. The molecule has 0 spiro atoms. The Morgan fingerprint density at radius 2 is 2.06 bits per heavy atom. The number of hydrogen-bond donors (Lipinski definition) is 1. The molecule has 1 unspecified atom stereocenters. The third-order valence-corrected chi connectivity index (χ3v) is 4.80. The summed E-state index contributed by atoms with van der Waals surface area (Å²) in [5.74, 6) is 0.652. The quantitative estimate of drug-likeness (QED) is 0.806. The van der Waals surface area contributed by atoms with E-state index in [2.05, 4.69) is 64.7 Å². The standard InChI is InChI=1S/C14H18BrNS/c1-10(2)13(7-15)16-8-11-9-17-14-6-4-3-5-12(11)14/h3-6,9-10,13,16H,7-8H2,1-2H3. The maximum absolute atomic E-state index is 3.62. The molecule has 3 heteroatoms. The summed E-state index contributed by atoms with van der Waals surface area (Å²) in [6.07, 6.45) is 0. The van der Waals surface area contributed by atoms with Crippen LogP contribution in [0.2, 0.25) is 0 Å². The van der Waals surface area contributed by atoms with Crippen LogP contribution < -0.4 is 5.32 Å². The van der Waals surface area contributed by atoms with Gasteiger partial charge in [-0.25, -0.2) is 0 Å². The van der Waals surface area contributed by atoms with Crippen molar-refractivity contribution in [3.05, 3.63) is 35.2 Å². The van der Waals surface area contributed by atoms with Gasteiger partial charge in [-0.2, -0.15) is 0 Å². The first kappa shape index (κ1) is 13.1. The van der Waals surface area contributed by atoms with Crippen LogP contribution in [0, 0.1) is 5.92 Å². The van der Waals surface area contributed by atoms with Gasteiger partial charge in [-0.15, -0.1) is 11.3 Å². The van der Waals surface area contributed by atoms with E-state index in [1.54, 1.807) is 0 Å². The highest BCUT2D eigenvalue weighted by Crippen LogP contribution is 2.25. The first-order valence-corrected chi connectivity index (χ1v) is 7.97. The number of hydrogen-bond acceptors (Lipinski definition) is 2. The van der Waals surface area contributed by atoms with Gasteiger partial charge in [0.15, 0.2) is 0 Å². The first-order valence-electron chi connectivity index (χ1n) is 5.97. The molecule has 92 valence electrons. The lowest BCUT2D eigenvalue weighted by atomic mass is 10.1. The van der Waals surface area contributed by atoms with Gasteiger partial charge in [0.1, 0.15) is 0 Å². The molecule has 1 atom stereocenters. The lowest BCUT2D eigenvalue weighted by Crippen LogP contribution is -2.34. The fraction of sp³-hybridized carbons (Fsp3) is 0.429. The average Bonchev–Trinajstić information content (AvgIpc) is 2.73. The summed E-state index contributed by atoms with van der Waals surface area (Å²) < 4.78 is 1.38. The summed E-state index contributed by atoms with van der Waals surface area (Å²) >= 11 is 5.40. The molecule has 17 heavy (non-hydrogen) atoms. The molecule has 2 aromatic rings. The van der Waals surface area contributed by atoms with Crippen LogP contribution in [0.1, 0.15) is 19.4 Å². The summed E-state index contributed by atoms with van der Waals surface area (Å²) in [6, 6.07) is 9.15. The van der Waals surface area contributed by atoms with Crippen LogP contribution in [-0.2, 0) is 6.54 Å². The predicted octanol–water partition coefficient (Wildman–Crippen LogP) is 4.41. The van der Waals surface area contributed by atoms with Gasteiger partial charge in [0.2, 0.25) is 0 Å². The van der Waals surface area contributed by atoms with Gasteiger partial charge in [-0.05, 0) is 28.3 Å². The minimum absolute atomic E-state index is 0.536. The van der Waals surface area contributed by atoms with Gasteiger partial charge >= 0.3 is 0 Å². The molecule has 1 N–H and O–H groups in total. The van der Waals surface area contributed by atoms with Crippen molar-refractivity contribution in [2.45, 2.75) is 26.4 Å². The Morgan fingerprint density at radius 3 is 2.76 bits per heavy atom. The zero-order valence-electron chi connectivity index (χ0n) is 10.2.